The highest BCUT2D eigenvalue weighted by molar-refractivity contribution is 7.80. The molecule has 2 aromatic carbocycles. The second kappa shape index (κ2) is 10.3. The van der Waals surface area contributed by atoms with Gasteiger partial charge < -0.3 is 14.2 Å². The molecule has 0 bridgehead atoms. The van der Waals surface area contributed by atoms with Crippen molar-refractivity contribution in [1.29, 1.82) is 0 Å². The van der Waals surface area contributed by atoms with E-state index in [1.165, 1.54) is 18.1 Å². The number of esters is 1. The molecule has 1 heterocycles. The second-order valence-electron chi connectivity index (χ2n) is 6.44. The van der Waals surface area contributed by atoms with E-state index in [1.54, 1.807) is 49.4 Å². The molecule has 0 unspecified atom stereocenters. The molecule has 2 amide bonds. The largest absolute Gasteiger partial charge is 0.493 e. The van der Waals surface area contributed by atoms with E-state index < -0.39 is 17.8 Å². The van der Waals surface area contributed by atoms with Gasteiger partial charge in [-0.15, -0.1) is 0 Å². The fourth-order valence-electron chi connectivity index (χ4n) is 2.88. The topological polar surface area (TPSA) is 94.2 Å². The van der Waals surface area contributed by atoms with Crippen LogP contribution in [-0.4, -0.2) is 43.2 Å². The Balaban J connectivity index is 1.87. The van der Waals surface area contributed by atoms with Crippen LogP contribution in [-0.2, 0) is 19.1 Å². The lowest BCUT2D eigenvalue weighted by Crippen LogP contribution is -2.54. The normalized spacial score (nSPS) is 14.9. The number of anilines is 1. The number of thiocarbonyl (C=S) groups is 1. The van der Waals surface area contributed by atoms with Crippen molar-refractivity contribution >= 4 is 58.5 Å². The number of nitrogens with one attached hydrogen (secondary N) is 1. The predicted molar refractivity (Wildman–Crippen MR) is 123 cm³/mol. The van der Waals surface area contributed by atoms with Crippen LogP contribution in [0.2, 0.25) is 5.02 Å². The maximum Gasteiger partial charge on any atom is 0.344 e. The summed E-state index contributed by atoms with van der Waals surface area (Å²) in [4.78, 5) is 38.3. The lowest BCUT2D eigenvalue weighted by atomic mass is 10.1. The molecule has 32 heavy (non-hydrogen) atoms. The lowest BCUT2D eigenvalue weighted by molar-refractivity contribution is -0.145. The maximum atomic E-state index is 13.1. The Morgan fingerprint density at radius 1 is 1.16 bits per heavy atom. The third-order valence-electron chi connectivity index (χ3n) is 4.34. The molecule has 2 aromatic rings. The van der Waals surface area contributed by atoms with Gasteiger partial charge in [-0.1, -0.05) is 17.7 Å². The number of hydrogen-bond donors (Lipinski definition) is 1. The summed E-state index contributed by atoms with van der Waals surface area (Å²) < 4.78 is 15.6. The fourth-order valence-corrected chi connectivity index (χ4v) is 3.29. The summed E-state index contributed by atoms with van der Waals surface area (Å²) in [5.74, 6) is -1.08. The Hall–Kier alpha value is -3.43. The van der Waals surface area contributed by atoms with Crippen molar-refractivity contribution in [2.45, 2.75) is 6.92 Å². The molecule has 0 saturated carbocycles. The van der Waals surface area contributed by atoms with E-state index in [4.69, 9.17) is 38.0 Å². The van der Waals surface area contributed by atoms with E-state index in [0.717, 1.165) is 0 Å². The van der Waals surface area contributed by atoms with E-state index in [2.05, 4.69) is 5.32 Å². The Labute approximate surface area is 194 Å². The van der Waals surface area contributed by atoms with Crippen LogP contribution in [0.15, 0.2) is 48.0 Å². The summed E-state index contributed by atoms with van der Waals surface area (Å²) in [5, 5.41) is 2.99. The smallest absolute Gasteiger partial charge is 0.344 e. The van der Waals surface area contributed by atoms with Gasteiger partial charge in [0.25, 0.3) is 11.8 Å². The number of carbonyl (C=O) groups excluding carboxylic acids is 3. The molecule has 1 fully saturated rings. The van der Waals surface area contributed by atoms with E-state index in [9.17, 15) is 14.4 Å². The van der Waals surface area contributed by atoms with Gasteiger partial charge in [0, 0.05) is 5.02 Å². The minimum Gasteiger partial charge on any atom is -0.493 e. The van der Waals surface area contributed by atoms with Crippen LogP contribution in [0.5, 0.6) is 11.5 Å². The molecule has 1 N–H and O–H groups in total. The van der Waals surface area contributed by atoms with Crippen LogP contribution < -0.4 is 19.7 Å². The zero-order valence-electron chi connectivity index (χ0n) is 17.2. The molecule has 0 aliphatic carbocycles. The van der Waals surface area contributed by atoms with E-state index in [0.29, 0.717) is 27.8 Å². The van der Waals surface area contributed by atoms with Gasteiger partial charge in [-0.3, -0.25) is 19.8 Å². The number of benzene rings is 2. The van der Waals surface area contributed by atoms with Crippen LogP contribution in [0.1, 0.15) is 12.5 Å². The number of methoxy groups -OCH3 is 1. The van der Waals surface area contributed by atoms with Gasteiger partial charge in [-0.25, -0.2) is 4.79 Å². The summed E-state index contributed by atoms with van der Waals surface area (Å²) in [6.07, 6.45) is 1.42. The van der Waals surface area contributed by atoms with Gasteiger partial charge in [-0.2, -0.15) is 0 Å². The molecule has 1 aliphatic rings. The van der Waals surface area contributed by atoms with Crippen LogP contribution in [0, 0.1) is 0 Å². The molecule has 1 saturated heterocycles. The first kappa shape index (κ1) is 23.2. The van der Waals surface area contributed by atoms with Crippen LogP contribution in [0.4, 0.5) is 5.69 Å². The molecule has 1 aliphatic heterocycles. The number of halogens is 1. The zero-order valence-corrected chi connectivity index (χ0v) is 18.8. The van der Waals surface area contributed by atoms with Crippen molar-refractivity contribution in [3.8, 4) is 11.5 Å². The number of amides is 2. The van der Waals surface area contributed by atoms with Crippen molar-refractivity contribution in [2.75, 3.05) is 25.2 Å². The third kappa shape index (κ3) is 5.24. The molecule has 0 aromatic heterocycles. The Kier molecular flexibility index (Phi) is 7.45. The monoisotopic (exact) mass is 474 g/mol. The van der Waals surface area contributed by atoms with Crippen LogP contribution in [0.3, 0.4) is 0 Å². The highest BCUT2D eigenvalue weighted by Crippen LogP contribution is 2.30. The standard InChI is InChI=1S/C22H19ClN2O6S/c1-3-30-19(26)12-31-17-9-4-13(11-18(17)29-2)10-16-20(27)24-22(32)25(21(16)28)15-7-5-14(23)6-8-15/h4-11H,3,12H2,1-2H3,(H,24,27,32). The quantitative estimate of drug-likeness (QED) is 0.285. The van der Waals surface area contributed by atoms with Gasteiger partial charge in [0.2, 0.25) is 0 Å². The van der Waals surface area contributed by atoms with E-state index in [1.807, 2.05) is 0 Å². The van der Waals surface area contributed by atoms with Crippen molar-refractivity contribution in [3.05, 3.63) is 58.6 Å². The van der Waals surface area contributed by atoms with Gasteiger partial charge in [0.1, 0.15) is 5.57 Å². The summed E-state index contributed by atoms with van der Waals surface area (Å²) in [7, 11) is 1.43. The molecule has 3 rings (SSSR count). The first-order valence-corrected chi connectivity index (χ1v) is 10.3. The number of carbonyl (C=O) groups is 3. The van der Waals surface area contributed by atoms with Crippen molar-refractivity contribution in [2.24, 2.45) is 0 Å². The number of hydrogen-bond acceptors (Lipinski definition) is 7. The van der Waals surface area contributed by atoms with Crippen molar-refractivity contribution in [3.63, 3.8) is 0 Å². The molecule has 0 spiro atoms. The zero-order chi connectivity index (χ0) is 23.3. The Morgan fingerprint density at radius 3 is 2.53 bits per heavy atom. The molecule has 0 radical (unpaired) electrons. The highest BCUT2D eigenvalue weighted by atomic mass is 35.5. The Morgan fingerprint density at radius 2 is 1.88 bits per heavy atom. The molecular weight excluding hydrogens is 456 g/mol. The fraction of sp³-hybridized carbons (Fsp3) is 0.182. The summed E-state index contributed by atoms with van der Waals surface area (Å²) in [6.45, 7) is 1.67. The first-order valence-electron chi connectivity index (χ1n) is 9.47. The third-order valence-corrected chi connectivity index (χ3v) is 4.87. The minimum absolute atomic E-state index is 0.0280. The van der Waals surface area contributed by atoms with Gasteiger partial charge >= 0.3 is 5.97 Å². The SMILES string of the molecule is CCOC(=O)COc1ccc(C=C2C(=O)NC(=S)N(c3ccc(Cl)cc3)C2=O)cc1OC. The van der Waals surface area contributed by atoms with E-state index in [-0.39, 0.29) is 23.9 Å². The highest BCUT2D eigenvalue weighted by Gasteiger charge is 2.34. The van der Waals surface area contributed by atoms with Gasteiger partial charge in [0.05, 0.1) is 19.4 Å². The van der Waals surface area contributed by atoms with Crippen LogP contribution >= 0.6 is 23.8 Å². The van der Waals surface area contributed by atoms with Gasteiger partial charge in [0.15, 0.2) is 23.2 Å². The molecular formula is C22H19ClN2O6S. The summed E-state index contributed by atoms with van der Waals surface area (Å²) in [6, 6.07) is 11.3. The first-order chi connectivity index (χ1) is 15.3. The van der Waals surface area contributed by atoms with E-state index >= 15 is 0 Å². The lowest BCUT2D eigenvalue weighted by Gasteiger charge is -2.29. The van der Waals surface area contributed by atoms with Crippen LogP contribution in [0.25, 0.3) is 6.08 Å². The molecule has 0 atom stereocenters. The average molecular weight is 475 g/mol. The minimum atomic E-state index is -0.619. The average Bonchev–Trinajstić information content (AvgIpc) is 2.77. The predicted octanol–water partition coefficient (Wildman–Crippen LogP) is 3.12. The summed E-state index contributed by atoms with van der Waals surface area (Å²) in [5.41, 5.74) is 0.860. The summed E-state index contributed by atoms with van der Waals surface area (Å²) >= 11 is 11.1. The molecule has 166 valence electrons. The number of rotatable bonds is 7. The molecule has 8 nitrogen and oxygen atoms in total. The Bertz CT molecular complexity index is 1100. The number of nitrogens with zero attached hydrogens (tertiary/aromatic N) is 1. The maximum absolute atomic E-state index is 13.1. The van der Waals surface area contributed by atoms with Crippen molar-refractivity contribution < 1.29 is 28.6 Å². The van der Waals surface area contributed by atoms with Gasteiger partial charge in [-0.05, 0) is 67.2 Å². The van der Waals surface area contributed by atoms with Crippen molar-refractivity contribution in [1.82, 2.24) is 5.32 Å². The number of ether oxygens (including phenoxy) is 3. The molecule has 10 heteroatoms. The second-order valence-corrected chi connectivity index (χ2v) is 7.26.